The number of benzene rings is 1. The summed E-state index contributed by atoms with van der Waals surface area (Å²) in [6, 6.07) is 7.37. The van der Waals surface area contributed by atoms with E-state index >= 15 is 0 Å². The van der Waals surface area contributed by atoms with Crippen molar-refractivity contribution in [2.75, 3.05) is 13.7 Å². The van der Waals surface area contributed by atoms with Gasteiger partial charge in [-0.3, -0.25) is 9.59 Å². The van der Waals surface area contributed by atoms with Gasteiger partial charge in [0, 0.05) is 48.3 Å². The summed E-state index contributed by atoms with van der Waals surface area (Å²) < 4.78 is 5.52. The summed E-state index contributed by atoms with van der Waals surface area (Å²) in [5.41, 5.74) is 1.12. The number of carbonyl (C=O) groups excluding carboxylic acids is 2. The Kier molecular flexibility index (Phi) is 3.76. The van der Waals surface area contributed by atoms with Crippen molar-refractivity contribution in [1.82, 2.24) is 14.8 Å². The lowest BCUT2D eigenvalue weighted by atomic mass is 9.82. The molecule has 3 atom stereocenters. The molecule has 2 amide bonds. The number of ether oxygens (including phenoxy) is 1. The highest BCUT2D eigenvalue weighted by Gasteiger charge is 2.63. The molecule has 152 valence electrons. The molecule has 29 heavy (non-hydrogen) atoms. The van der Waals surface area contributed by atoms with Gasteiger partial charge in [0.05, 0.1) is 0 Å². The average Bonchev–Trinajstić information content (AvgIpc) is 3.24. The zero-order valence-electron chi connectivity index (χ0n) is 16.8. The molecular formula is C22H25N3O4. The molecule has 5 rings (SSSR count). The summed E-state index contributed by atoms with van der Waals surface area (Å²) in [5.74, 6) is -0.575. The van der Waals surface area contributed by atoms with Crippen molar-refractivity contribution in [3.05, 3.63) is 47.8 Å². The monoisotopic (exact) mass is 395 g/mol. The summed E-state index contributed by atoms with van der Waals surface area (Å²) in [4.78, 5) is 33.4. The van der Waals surface area contributed by atoms with Gasteiger partial charge < -0.3 is 24.6 Å². The Bertz CT molecular complexity index is 1060. The van der Waals surface area contributed by atoms with Crippen LogP contribution in [0.1, 0.15) is 31.5 Å². The number of piperazine rings is 1. The van der Waals surface area contributed by atoms with Crippen LogP contribution in [0.5, 0.6) is 0 Å². The first kappa shape index (κ1) is 18.4. The Labute approximate surface area is 168 Å². The minimum atomic E-state index is -1.63. The third-order valence-corrected chi connectivity index (χ3v) is 6.73. The number of aliphatic hydroxyl groups is 1. The van der Waals surface area contributed by atoms with E-state index in [-0.39, 0.29) is 17.2 Å². The molecule has 3 aliphatic rings. The highest BCUT2D eigenvalue weighted by molar-refractivity contribution is 6.01. The maximum absolute atomic E-state index is 13.5. The number of hydrogen-bond acceptors (Lipinski definition) is 4. The van der Waals surface area contributed by atoms with E-state index in [2.05, 4.69) is 18.8 Å². The van der Waals surface area contributed by atoms with E-state index in [4.69, 9.17) is 4.74 Å². The Hall–Kier alpha value is -2.64. The van der Waals surface area contributed by atoms with E-state index in [0.29, 0.717) is 19.4 Å². The fourth-order valence-corrected chi connectivity index (χ4v) is 5.15. The number of aromatic amines is 1. The van der Waals surface area contributed by atoms with Crippen LogP contribution >= 0.6 is 0 Å². The van der Waals surface area contributed by atoms with Gasteiger partial charge >= 0.3 is 0 Å². The number of fused-ring (bicyclic) bond motifs is 5. The Morgan fingerprint density at radius 2 is 2.00 bits per heavy atom. The van der Waals surface area contributed by atoms with E-state index in [0.717, 1.165) is 22.2 Å². The lowest BCUT2D eigenvalue weighted by molar-refractivity contribution is -0.210. The van der Waals surface area contributed by atoms with Crippen molar-refractivity contribution < 1.29 is 19.4 Å². The number of H-pyrrole nitrogens is 1. The van der Waals surface area contributed by atoms with Crippen molar-refractivity contribution in [2.45, 2.75) is 50.0 Å². The molecule has 2 fully saturated rings. The van der Waals surface area contributed by atoms with Gasteiger partial charge in [0.2, 0.25) is 5.91 Å². The quantitative estimate of drug-likeness (QED) is 0.769. The fraction of sp³-hybridized carbons (Fsp3) is 0.455. The van der Waals surface area contributed by atoms with E-state index in [1.807, 2.05) is 30.3 Å². The summed E-state index contributed by atoms with van der Waals surface area (Å²) >= 11 is 0. The highest BCUT2D eigenvalue weighted by atomic mass is 16.5. The number of carbonyl (C=O) groups is 2. The minimum Gasteiger partial charge on any atom is -0.387 e. The van der Waals surface area contributed by atoms with E-state index in [9.17, 15) is 14.7 Å². The van der Waals surface area contributed by atoms with E-state index in [1.165, 1.54) is 16.9 Å². The molecule has 0 unspecified atom stereocenters. The number of amides is 2. The van der Waals surface area contributed by atoms with Crippen LogP contribution in [0.4, 0.5) is 0 Å². The maximum atomic E-state index is 13.5. The number of hydrogen-bond donors (Lipinski definition) is 2. The molecule has 4 heterocycles. The molecule has 1 aromatic carbocycles. The molecule has 7 heteroatoms. The molecule has 0 bridgehead atoms. The normalized spacial score (nSPS) is 30.8. The third kappa shape index (κ3) is 2.25. The molecule has 7 nitrogen and oxygen atoms in total. The minimum absolute atomic E-state index is 0.191. The molecule has 3 aliphatic heterocycles. The molecule has 0 spiro atoms. The van der Waals surface area contributed by atoms with Gasteiger partial charge in [-0.1, -0.05) is 38.1 Å². The second-order valence-corrected chi connectivity index (χ2v) is 8.69. The van der Waals surface area contributed by atoms with Gasteiger partial charge in [0.15, 0.2) is 0 Å². The fourth-order valence-electron chi connectivity index (χ4n) is 5.15. The molecule has 0 saturated carbocycles. The summed E-state index contributed by atoms with van der Waals surface area (Å²) in [6.07, 6.45) is 3.32. The topological polar surface area (TPSA) is 85.9 Å². The summed E-state index contributed by atoms with van der Waals surface area (Å²) in [7, 11) is 1.38. The second kappa shape index (κ2) is 5.93. The van der Waals surface area contributed by atoms with Crippen molar-refractivity contribution in [3.8, 4) is 0 Å². The molecular weight excluding hydrogens is 370 g/mol. The lowest BCUT2D eigenvalue weighted by Gasteiger charge is -2.48. The zero-order chi connectivity index (χ0) is 20.6. The van der Waals surface area contributed by atoms with Crippen LogP contribution in [-0.4, -0.2) is 63.2 Å². The van der Waals surface area contributed by atoms with Crippen LogP contribution in [-0.2, 0) is 26.2 Å². The first-order valence-electron chi connectivity index (χ1n) is 9.98. The number of nitrogens with zero attached hydrogens (tertiary/aromatic N) is 2. The number of nitrogens with one attached hydrogen (secondary N) is 1. The first-order chi connectivity index (χ1) is 13.8. The van der Waals surface area contributed by atoms with Crippen molar-refractivity contribution in [3.63, 3.8) is 0 Å². The summed E-state index contributed by atoms with van der Waals surface area (Å²) in [6.45, 7) is 4.47. The van der Waals surface area contributed by atoms with Gasteiger partial charge in [0.25, 0.3) is 11.6 Å². The molecule has 2 N–H and O–H groups in total. The van der Waals surface area contributed by atoms with Gasteiger partial charge in [-0.15, -0.1) is 0 Å². The van der Waals surface area contributed by atoms with Crippen molar-refractivity contribution in [2.24, 2.45) is 0 Å². The third-order valence-electron chi connectivity index (χ3n) is 6.73. The van der Waals surface area contributed by atoms with E-state index < -0.39 is 17.9 Å². The van der Waals surface area contributed by atoms with Gasteiger partial charge in [0.1, 0.15) is 12.1 Å². The molecule has 1 aromatic heterocycles. The predicted octanol–water partition coefficient (Wildman–Crippen LogP) is 1.66. The van der Waals surface area contributed by atoms with Crippen LogP contribution in [0.3, 0.4) is 0 Å². The number of allylic oxidation sites excluding steroid dienone is 1. The maximum Gasteiger partial charge on any atom is 0.283 e. The average molecular weight is 395 g/mol. The Morgan fingerprint density at radius 1 is 1.24 bits per heavy atom. The van der Waals surface area contributed by atoms with Crippen LogP contribution < -0.4 is 0 Å². The number of aromatic nitrogens is 1. The largest absolute Gasteiger partial charge is 0.387 e. The smallest absolute Gasteiger partial charge is 0.283 e. The molecule has 2 saturated heterocycles. The number of methoxy groups -OCH3 is 1. The SMILES string of the molecule is CO[C@]12C(=O)N3C=CC(C)(C)c4[nH]c5ccccc5c4C[C@H]3C(=O)N1CC[C@@H]2O. The van der Waals surface area contributed by atoms with Crippen LogP contribution in [0.2, 0.25) is 0 Å². The number of para-hydroxylation sites is 1. The van der Waals surface area contributed by atoms with E-state index in [1.54, 1.807) is 6.20 Å². The Morgan fingerprint density at radius 3 is 2.76 bits per heavy atom. The van der Waals surface area contributed by atoms with Crippen LogP contribution in [0, 0.1) is 0 Å². The predicted molar refractivity (Wildman–Crippen MR) is 107 cm³/mol. The first-order valence-corrected chi connectivity index (χ1v) is 9.98. The second-order valence-electron chi connectivity index (χ2n) is 8.69. The van der Waals surface area contributed by atoms with Gasteiger partial charge in [-0.2, -0.15) is 0 Å². The Balaban J connectivity index is 1.69. The number of aliphatic hydroxyl groups excluding tert-OH is 1. The molecule has 0 aliphatic carbocycles. The van der Waals surface area contributed by atoms with Crippen LogP contribution in [0.15, 0.2) is 36.5 Å². The molecule has 0 radical (unpaired) electrons. The molecule has 2 aromatic rings. The van der Waals surface area contributed by atoms with Gasteiger partial charge in [-0.25, -0.2) is 0 Å². The standard InChI is InChI=1S/C22H25N3O4/c1-21(2)9-11-24-16(12-14-13-6-4-5-7-15(13)23-18(14)21)19(27)25-10-8-17(26)22(25,29-3)20(24)28/h4-7,9,11,16-17,23,26H,8,10,12H2,1-3H3/t16-,17-,22+/m0/s1. The van der Waals surface area contributed by atoms with Crippen LogP contribution in [0.25, 0.3) is 10.9 Å². The van der Waals surface area contributed by atoms with Crippen molar-refractivity contribution in [1.29, 1.82) is 0 Å². The zero-order valence-corrected chi connectivity index (χ0v) is 16.8. The van der Waals surface area contributed by atoms with Crippen molar-refractivity contribution >= 4 is 22.7 Å². The lowest BCUT2D eigenvalue weighted by Crippen LogP contribution is -2.72. The summed E-state index contributed by atoms with van der Waals surface area (Å²) in [5, 5.41) is 11.6. The number of rotatable bonds is 1. The highest BCUT2D eigenvalue weighted by Crippen LogP contribution is 2.42. The van der Waals surface area contributed by atoms with Gasteiger partial charge in [-0.05, 0) is 18.1 Å².